The molecule has 1 aromatic rings. The maximum atomic E-state index is 12.5. The first-order valence-corrected chi connectivity index (χ1v) is 3.31. The first-order chi connectivity index (χ1) is 5.59. The summed E-state index contributed by atoms with van der Waals surface area (Å²) >= 11 is 0. The number of hydrogen-bond acceptors (Lipinski definition) is 5. The molecule has 0 aliphatic rings. The van der Waals surface area contributed by atoms with Gasteiger partial charge in [-0.1, -0.05) is 0 Å². The van der Waals surface area contributed by atoms with E-state index in [1.165, 1.54) is 0 Å². The van der Waals surface area contributed by atoms with Crippen LogP contribution in [0, 0.1) is 5.82 Å². The van der Waals surface area contributed by atoms with Crippen molar-refractivity contribution in [2.45, 2.75) is 0 Å². The van der Waals surface area contributed by atoms with Gasteiger partial charge in [-0.25, -0.2) is 14.4 Å². The molecule has 0 aliphatic carbocycles. The van der Waals surface area contributed by atoms with Crippen molar-refractivity contribution in [3.8, 4) is 0 Å². The van der Waals surface area contributed by atoms with Crippen molar-refractivity contribution in [1.29, 1.82) is 0 Å². The number of hydrogen-bond donors (Lipinski definition) is 2. The number of nitrogens with zero attached hydrogens (tertiary/aromatic N) is 3. The van der Waals surface area contributed by atoms with Crippen LogP contribution in [0.4, 0.5) is 16.2 Å². The van der Waals surface area contributed by atoms with Gasteiger partial charge in [0.2, 0.25) is 5.95 Å². The van der Waals surface area contributed by atoms with Crippen molar-refractivity contribution in [1.82, 2.24) is 15.0 Å². The molecule has 0 saturated heterocycles. The van der Waals surface area contributed by atoms with Crippen LogP contribution in [-0.2, 0) is 0 Å². The third-order valence-electron chi connectivity index (χ3n) is 1.09. The number of aromatic nitrogens is 2. The Bertz CT molecular complexity index is 275. The van der Waals surface area contributed by atoms with Gasteiger partial charge in [0.15, 0.2) is 11.6 Å². The van der Waals surface area contributed by atoms with Crippen LogP contribution in [0.5, 0.6) is 0 Å². The molecule has 0 aliphatic heterocycles. The van der Waals surface area contributed by atoms with E-state index in [0.717, 1.165) is 6.20 Å². The van der Waals surface area contributed by atoms with Crippen molar-refractivity contribution in [2.75, 3.05) is 25.3 Å². The molecule has 0 fully saturated rings. The normalized spacial score (nSPS) is 10.3. The van der Waals surface area contributed by atoms with Gasteiger partial charge in [0.05, 0.1) is 6.20 Å². The fourth-order valence-electron chi connectivity index (χ4n) is 0.634. The van der Waals surface area contributed by atoms with Gasteiger partial charge in [0.1, 0.15) is 0 Å². The van der Waals surface area contributed by atoms with E-state index < -0.39 is 5.82 Å². The average molecular weight is 171 g/mol. The Hall–Kier alpha value is -1.43. The largest absolute Gasteiger partial charge is 0.381 e. The van der Waals surface area contributed by atoms with Crippen LogP contribution < -0.4 is 11.2 Å². The Kier molecular flexibility index (Phi) is 2.39. The van der Waals surface area contributed by atoms with Gasteiger partial charge in [0, 0.05) is 14.1 Å². The van der Waals surface area contributed by atoms with Crippen LogP contribution in [0.25, 0.3) is 0 Å². The molecule has 0 spiro atoms. The van der Waals surface area contributed by atoms with E-state index in [1.807, 2.05) is 0 Å². The Labute approximate surface area is 69.4 Å². The lowest BCUT2D eigenvalue weighted by Gasteiger charge is -2.11. The molecule has 3 N–H and O–H groups in total. The number of nitrogen functional groups attached to an aromatic ring is 1. The monoisotopic (exact) mass is 171 g/mol. The van der Waals surface area contributed by atoms with E-state index in [-0.39, 0.29) is 11.8 Å². The summed E-state index contributed by atoms with van der Waals surface area (Å²) < 4.78 is 12.5. The molecule has 6 heteroatoms. The lowest BCUT2D eigenvalue weighted by molar-refractivity contribution is 0.487. The summed E-state index contributed by atoms with van der Waals surface area (Å²) in [6.45, 7) is 0. The highest BCUT2D eigenvalue weighted by atomic mass is 19.1. The van der Waals surface area contributed by atoms with Gasteiger partial charge in [-0.05, 0) is 0 Å². The number of anilines is 2. The van der Waals surface area contributed by atoms with E-state index in [2.05, 4.69) is 15.4 Å². The third-order valence-corrected chi connectivity index (χ3v) is 1.09. The molecular weight excluding hydrogens is 161 g/mol. The Balaban J connectivity index is 2.82. The van der Waals surface area contributed by atoms with Gasteiger partial charge < -0.3 is 5.73 Å². The van der Waals surface area contributed by atoms with Crippen LogP contribution in [0.15, 0.2) is 6.20 Å². The molecule has 0 amide bonds. The predicted molar refractivity (Wildman–Crippen MR) is 43.7 cm³/mol. The van der Waals surface area contributed by atoms with Crippen LogP contribution in [0.2, 0.25) is 0 Å². The lowest BCUT2D eigenvalue weighted by atomic mass is 10.6. The summed E-state index contributed by atoms with van der Waals surface area (Å²) in [5.41, 5.74) is 7.95. The van der Waals surface area contributed by atoms with E-state index in [0.29, 0.717) is 0 Å². The third kappa shape index (κ3) is 2.03. The molecule has 5 nitrogen and oxygen atoms in total. The van der Waals surface area contributed by atoms with Gasteiger partial charge in [-0.15, -0.1) is 0 Å². The second-order valence-corrected chi connectivity index (χ2v) is 2.43. The van der Waals surface area contributed by atoms with Gasteiger partial charge in [-0.3, -0.25) is 5.43 Å². The second-order valence-electron chi connectivity index (χ2n) is 2.43. The van der Waals surface area contributed by atoms with Crippen LogP contribution in [0.3, 0.4) is 0 Å². The second kappa shape index (κ2) is 3.31. The maximum absolute atomic E-state index is 12.5. The Morgan fingerprint density at radius 3 is 2.75 bits per heavy atom. The summed E-state index contributed by atoms with van der Waals surface area (Å²) in [5, 5.41) is 1.63. The van der Waals surface area contributed by atoms with Gasteiger partial charge in [-0.2, -0.15) is 4.98 Å². The number of halogens is 1. The standard InChI is InChI=1S/C6H10FN5/c1-12(2)11-6-9-3-4(7)5(8)10-6/h3H,1-2H3,(H3,8,9,10,11). The highest BCUT2D eigenvalue weighted by Gasteiger charge is 2.02. The van der Waals surface area contributed by atoms with Crippen LogP contribution in [0.1, 0.15) is 0 Å². The molecule has 0 unspecified atom stereocenters. The number of nitrogens with two attached hydrogens (primary N) is 1. The first kappa shape index (κ1) is 8.66. The van der Waals surface area contributed by atoms with E-state index in [4.69, 9.17) is 5.73 Å². The molecule has 12 heavy (non-hydrogen) atoms. The van der Waals surface area contributed by atoms with Crippen molar-refractivity contribution < 1.29 is 4.39 Å². The Morgan fingerprint density at radius 2 is 2.25 bits per heavy atom. The summed E-state index contributed by atoms with van der Waals surface area (Å²) in [4.78, 5) is 7.31. The first-order valence-electron chi connectivity index (χ1n) is 3.31. The molecule has 0 aromatic carbocycles. The highest BCUT2D eigenvalue weighted by molar-refractivity contribution is 5.35. The minimum absolute atomic E-state index is 0.158. The quantitative estimate of drug-likeness (QED) is 0.617. The summed E-state index contributed by atoms with van der Waals surface area (Å²) in [6.07, 6.45) is 1.02. The topological polar surface area (TPSA) is 67.1 Å². The molecular formula is C6H10FN5. The van der Waals surface area contributed by atoms with Gasteiger partial charge >= 0.3 is 0 Å². The van der Waals surface area contributed by atoms with E-state index >= 15 is 0 Å². The van der Waals surface area contributed by atoms with E-state index in [9.17, 15) is 4.39 Å². The molecule has 1 rings (SSSR count). The zero-order valence-corrected chi connectivity index (χ0v) is 6.87. The summed E-state index contributed by atoms with van der Waals surface area (Å²) in [7, 11) is 3.53. The molecule has 0 atom stereocenters. The zero-order valence-electron chi connectivity index (χ0n) is 6.87. The average Bonchev–Trinajstić information content (AvgIpc) is 1.96. The lowest BCUT2D eigenvalue weighted by Crippen LogP contribution is -2.21. The van der Waals surface area contributed by atoms with Crippen LogP contribution in [-0.4, -0.2) is 29.1 Å². The SMILES string of the molecule is CN(C)Nc1ncc(F)c(N)n1. The van der Waals surface area contributed by atoms with Crippen molar-refractivity contribution in [2.24, 2.45) is 0 Å². The molecule has 1 heterocycles. The van der Waals surface area contributed by atoms with Crippen molar-refractivity contribution >= 4 is 11.8 Å². The predicted octanol–water partition coefficient (Wildman–Crippen LogP) is 0.0864. The molecule has 0 bridgehead atoms. The van der Waals surface area contributed by atoms with Crippen molar-refractivity contribution in [3.05, 3.63) is 12.0 Å². The smallest absolute Gasteiger partial charge is 0.239 e. The number of rotatable bonds is 2. The molecule has 0 radical (unpaired) electrons. The minimum atomic E-state index is -0.612. The fourth-order valence-corrected chi connectivity index (χ4v) is 0.634. The van der Waals surface area contributed by atoms with Crippen LogP contribution >= 0.6 is 0 Å². The fraction of sp³-hybridized carbons (Fsp3) is 0.333. The molecule has 1 aromatic heterocycles. The Morgan fingerprint density at radius 1 is 1.58 bits per heavy atom. The highest BCUT2D eigenvalue weighted by Crippen LogP contribution is 2.06. The van der Waals surface area contributed by atoms with E-state index in [1.54, 1.807) is 19.1 Å². The number of nitrogens with one attached hydrogen (secondary N) is 1. The summed E-state index contributed by atoms with van der Waals surface area (Å²) in [5.74, 6) is -0.493. The number of hydrazine groups is 1. The molecule has 66 valence electrons. The van der Waals surface area contributed by atoms with Crippen molar-refractivity contribution in [3.63, 3.8) is 0 Å². The zero-order chi connectivity index (χ0) is 9.14. The minimum Gasteiger partial charge on any atom is -0.381 e. The maximum Gasteiger partial charge on any atom is 0.239 e. The molecule has 0 saturated carbocycles. The van der Waals surface area contributed by atoms with Gasteiger partial charge in [0.25, 0.3) is 0 Å². The summed E-state index contributed by atoms with van der Waals surface area (Å²) in [6, 6.07) is 0.